The average molecular weight is 636 g/mol. The number of nitrogens with one attached hydrogen (secondary N) is 1. The normalized spacial score (nSPS) is 19.7. The average Bonchev–Trinajstić information content (AvgIpc) is 3.76. The molecule has 0 spiro atoms. The van der Waals surface area contributed by atoms with Gasteiger partial charge in [-0.25, -0.2) is 17.8 Å². The smallest absolute Gasteiger partial charge is 0.292 e. The number of hydrogen-bond acceptors (Lipinski definition) is 10. The first kappa shape index (κ1) is 28.8. The number of nitrogens with two attached hydrogens (primary N) is 1. The van der Waals surface area contributed by atoms with Gasteiger partial charge in [0.05, 0.1) is 24.7 Å². The highest BCUT2D eigenvalue weighted by Gasteiger charge is 2.46. The van der Waals surface area contributed by atoms with Crippen LogP contribution in [-0.2, 0) is 9.84 Å². The highest BCUT2D eigenvalue weighted by atomic mass is 32.2. The Morgan fingerprint density at radius 2 is 1.82 bits per heavy atom. The Balaban J connectivity index is 1.27. The SMILES string of the molecule is COc1ccc(-c2ccc(-c3cnn4c(N)c(S(C)(=O)=O)c([C@@H]5C[C@H]6CC[C@@H](C5)N6C(=O)c5nnc[nH]5)nc34)cn2)c(F)c1F. The number of aromatic nitrogens is 7. The number of methoxy groups -OCH3 is 1. The molecule has 2 saturated heterocycles. The monoisotopic (exact) mass is 635 g/mol. The second-order valence-corrected chi connectivity index (χ2v) is 13.2. The van der Waals surface area contributed by atoms with Gasteiger partial charge in [-0.3, -0.25) is 9.78 Å². The molecule has 0 unspecified atom stereocenters. The minimum atomic E-state index is -3.83. The maximum Gasteiger partial charge on any atom is 0.292 e. The number of hydrogen-bond donors (Lipinski definition) is 2. The number of nitrogen functional groups attached to an aromatic ring is 1. The molecule has 6 heterocycles. The van der Waals surface area contributed by atoms with Gasteiger partial charge in [0.1, 0.15) is 17.0 Å². The molecule has 0 radical (unpaired) electrons. The van der Waals surface area contributed by atoms with Crippen molar-refractivity contribution in [2.24, 2.45) is 0 Å². The van der Waals surface area contributed by atoms with Crippen LogP contribution in [0.2, 0.25) is 0 Å². The van der Waals surface area contributed by atoms with Crippen molar-refractivity contribution in [3.8, 4) is 28.1 Å². The van der Waals surface area contributed by atoms with Gasteiger partial charge >= 0.3 is 0 Å². The van der Waals surface area contributed by atoms with Gasteiger partial charge in [0, 0.05) is 47.1 Å². The van der Waals surface area contributed by atoms with Crippen LogP contribution in [0.3, 0.4) is 0 Å². The van der Waals surface area contributed by atoms with Crippen LogP contribution in [0.1, 0.15) is 47.9 Å². The van der Waals surface area contributed by atoms with Crippen LogP contribution < -0.4 is 10.5 Å². The molecule has 1 aromatic carbocycles. The molecule has 232 valence electrons. The molecule has 2 bridgehead atoms. The number of benzene rings is 1. The lowest BCUT2D eigenvalue weighted by Crippen LogP contribution is -2.46. The Labute approximate surface area is 255 Å². The van der Waals surface area contributed by atoms with Crippen molar-refractivity contribution in [1.29, 1.82) is 0 Å². The van der Waals surface area contributed by atoms with Crippen LogP contribution in [0.25, 0.3) is 28.0 Å². The number of H-pyrrole nitrogens is 1. The Morgan fingerprint density at radius 1 is 1.07 bits per heavy atom. The Kier molecular flexibility index (Phi) is 6.76. The van der Waals surface area contributed by atoms with Crippen LogP contribution in [0.4, 0.5) is 14.6 Å². The Bertz CT molecular complexity index is 2050. The summed E-state index contributed by atoms with van der Waals surface area (Å²) in [6.45, 7) is 0. The van der Waals surface area contributed by atoms with E-state index in [1.807, 2.05) is 4.90 Å². The first-order valence-electron chi connectivity index (χ1n) is 14.1. The van der Waals surface area contributed by atoms with E-state index in [1.165, 1.54) is 48.5 Å². The largest absolute Gasteiger partial charge is 0.494 e. The van der Waals surface area contributed by atoms with Gasteiger partial charge in [-0.15, -0.1) is 10.2 Å². The number of anilines is 1. The van der Waals surface area contributed by atoms with E-state index in [-0.39, 0.29) is 57.5 Å². The standard InChI is InChI=1S/C29H27F2N9O4S/c1-44-21-8-6-18(22(30)23(21)31)20-7-3-14(11-33-20)19-12-36-40-26(32)25(45(2,42)43)24(37-28(19)40)15-9-16-4-5-17(10-15)39(16)29(41)27-34-13-35-38-27/h3,6-8,11-13,15-17H,4-5,9-10,32H2,1-2H3,(H,34,35,38)/t15-,16-,17+. The van der Waals surface area contributed by atoms with E-state index in [0.29, 0.717) is 35.3 Å². The van der Waals surface area contributed by atoms with Crippen LogP contribution in [0, 0.1) is 11.6 Å². The zero-order valence-corrected chi connectivity index (χ0v) is 24.9. The summed E-state index contributed by atoms with van der Waals surface area (Å²) in [6, 6.07) is 5.63. The summed E-state index contributed by atoms with van der Waals surface area (Å²) in [5, 5.41) is 11.9. The minimum absolute atomic E-state index is 0.0371. The highest BCUT2D eigenvalue weighted by Crippen LogP contribution is 2.45. The van der Waals surface area contributed by atoms with Crippen molar-refractivity contribution in [2.75, 3.05) is 19.1 Å². The molecule has 0 saturated carbocycles. The summed E-state index contributed by atoms with van der Waals surface area (Å²) in [6.07, 6.45) is 7.93. The lowest BCUT2D eigenvalue weighted by Gasteiger charge is -2.38. The third-order valence-corrected chi connectivity index (χ3v) is 9.79. The molecule has 16 heteroatoms. The number of rotatable bonds is 6. The molecule has 7 rings (SSSR count). The summed E-state index contributed by atoms with van der Waals surface area (Å²) in [4.78, 5) is 26.9. The van der Waals surface area contributed by atoms with E-state index < -0.39 is 21.5 Å². The Hall–Kier alpha value is -4.99. The number of carbonyl (C=O) groups is 1. The van der Waals surface area contributed by atoms with Crippen molar-refractivity contribution in [1.82, 2.24) is 39.7 Å². The minimum Gasteiger partial charge on any atom is -0.494 e. The molecule has 3 atom stereocenters. The van der Waals surface area contributed by atoms with Gasteiger partial charge < -0.3 is 20.4 Å². The maximum absolute atomic E-state index is 14.7. The molecule has 0 aliphatic carbocycles. The van der Waals surface area contributed by atoms with Crippen LogP contribution in [0.5, 0.6) is 5.75 Å². The maximum atomic E-state index is 14.7. The molecule has 2 aliphatic rings. The summed E-state index contributed by atoms with van der Waals surface area (Å²) >= 11 is 0. The van der Waals surface area contributed by atoms with E-state index in [9.17, 15) is 22.0 Å². The molecular weight excluding hydrogens is 608 g/mol. The van der Waals surface area contributed by atoms with Gasteiger partial charge in [-0.1, -0.05) is 6.07 Å². The van der Waals surface area contributed by atoms with E-state index >= 15 is 0 Å². The van der Waals surface area contributed by atoms with Gasteiger partial charge in [0.25, 0.3) is 5.91 Å². The summed E-state index contributed by atoms with van der Waals surface area (Å²) in [7, 11) is -2.58. The van der Waals surface area contributed by atoms with Crippen molar-refractivity contribution in [3.63, 3.8) is 0 Å². The lowest BCUT2D eigenvalue weighted by molar-refractivity contribution is 0.0556. The molecule has 1 amide bonds. The van der Waals surface area contributed by atoms with Gasteiger partial charge in [0.15, 0.2) is 27.1 Å². The number of sulfone groups is 1. The summed E-state index contributed by atoms with van der Waals surface area (Å²) < 4.78 is 61.3. The summed E-state index contributed by atoms with van der Waals surface area (Å²) in [5.41, 5.74) is 8.36. The first-order valence-corrected chi connectivity index (χ1v) is 16.0. The molecular formula is C29H27F2N9O4S. The number of ether oxygens (including phenoxy) is 1. The van der Waals surface area contributed by atoms with E-state index in [1.54, 1.807) is 6.07 Å². The fraction of sp³-hybridized carbons (Fsp3) is 0.310. The fourth-order valence-electron chi connectivity index (χ4n) is 6.64. The third-order valence-electron chi connectivity index (χ3n) is 8.63. The Morgan fingerprint density at radius 3 is 2.44 bits per heavy atom. The number of nitrogens with zero attached hydrogens (tertiary/aromatic N) is 7. The zero-order chi connectivity index (χ0) is 31.6. The predicted octanol–water partition coefficient (Wildman–Crippen LogP) is 3.40. The number of piperidine rings is 1. The molecule has 2 fully saturated rings. The first-order chi connectivity index (χ1) is 21.6. The molecule has 4 aromatic heterocycles. The number of halogens is 2. The highest BCUT2D eigenvalue weighted by molar-refractivity contribution is 7.91. The van der Waals surface area contributed by atoms with Gasteiger partial charge in [0.2, 0.25) is 11.6 Å². The number of fused-ring (bicyclic) bond motifs is 3. The van der Waals surface area contributed by atoms with E-state index in [2.05, 4.69) is 25.3 Å². The van der Waals surface area contributed by atoms with Crippen molar-refractivity contribution >= 4 is 27.2 Å². The fourth-order valence-corrected chi connectivity index (χ4v) is 7.70. The van der Waals surface area contributed by atoms with E-state index in [0.717, 1.165) is 19.1 Å². The van der Waals surface area contributed by atoms with Gasteiger partial charge in [-0.05, 0) is 43.9 Å². The number of amides is 1. The number of pyridine rings is 1. The topological polar surface area (TPSA) is 174 Å². The second kappa shape index (κ2) is 10.6. The quantitative estimate of drug-likeness (QED) is 0.281. The van der Waals surface area contributed by atoms with Crippen LogP contribution in [0.15, 0.2) is 47.9 Å². The lowest BCUT2D eigenvalue weighted by atomic mass is 9.87. The molecule has 2 aliphatic heterocycles. The van der Waals surface area contributed by atoms with Crippen molar-refractivity contribution < 1.29 is 26.7 Å². The molecule has 45 heavy (non-hydrogen) atoms. The van der Waals surface area contributed by atoms with Crippen LogP contribution >= 0.6 is 0 Å². The van der Waals surface area contributed by atoms with Gasteiger partial charge in [-0.2, -0.15) is 14.0 Å². The predicted molar refractivity (Wildman–Crippen MR) is 157 cm³/mol. The van der Waals surface area contributed by atoms with Crippen molar-refractivity contribution in [2.45, 2.75) is 48.6 Å². The summed E-state index contributed by atoms with van der Waals surface area (Å²) in [5.74, 6) is -2.86. The second-order valence-electron chi connectivity index (χ2n) is 11.3. The third kappa shape index (κ3) is 4.67. The number of aromatic amines is 1. The zero-order valence-electron chi connectivity index (χ0n) is 24.1. The molecule has 3 N–H and O–H groups in total. The van der Waals surface area contributed by atoms with Crippen molar-refractivity contribution in [3.05, 3.63) is 66.1 Å². The molecule has 5 aromatic rings. The van der Waals surface area contributed by atoms with Crippen LogP contribution in [-0.4, -0.2) is 79.4 Å². The molecule has 13 nitrogen and oxygen atoms in total. The number of carbonyl (C=O) groups excluding carboxylic acids is 1. The van der Waals surface area contributed by atoms with E-state index in [4.69, 9.17) is 15.5 Å².